The van der Waals surface area contributed by atoms with Crippen molar-refractivity contribution >= 4 is 22.5 Å². The van der Waals surface area contributed by atoms with Gasteiger partial charge in [0.25, 0.3) is 5.56 Å². The maximum absolute atomic E-state index is 12.8. The molecule has 1 aromatic heterocycles. The highest BCUT2D eigenvalue weighted by Gasteiger charge is 2.07. The number of anilines is 1. The van der Waals surface area contributed by atoms with Crippen LogP contribution in [0.1, 0.15) is 6.42 Å². The minimum Gasteiger partial charge on any atom is -0.326 e. The van der Waals surface area contributed by atoms with Gasteiger partial charge in [0.1, 0.15) is 5.82 Å². The highest BCUT2D eigenvalue weighted by atomic mass is 19.1. The van der Waals surface area contributed by atoms with Crippen LogP contribution in [-0.2, 0) is 11.3 Å². The van der Waals surface area contributed by atoms with Crippen LogP contribution in [0.2, 0.25) is 0 Å². The molecule has 0 saturated heterocycles. The molecule has 2 aromatic carbocycles. The summed E-state index contributed by atoms with van der Waals surface area (Å²) < 4.78 is 14.2. The fraction of sp³-hybridized carbons (Fsp3) is 0.118. The summed E-state index contributed by atoms with van der Waals surface area (Å²) in [7, 11) is 0. The standard InChI is InChI=1S/C17H14FN3O2/c18-12-5-7-13(8-6-12)20-16(22)9-10-21-11-19-15-4-2-1-3-14(15)17(21)23/h1-8,11H,9-10H2,(H,20,22). The van der Waals surface area contributed by atoms with E-state index in [0.29, 0.717) is 16.6 Å². The summed E-state index contributed by atoms with van der Waals surface area (Å²) in [6, 6.07) is 12.6. The second kappa shape index (κ2) is 6.39. The highest BCUT2D eigenvalue weighted by Crippen LogP contribution is 2.09. The van der Waals surface area contributed by atoms with Crippen LogP contribution < -0.4 is 10.9 Å². The number of para-hydroxylation sites is 1. The summed E-state index contributed by atoms with van der Waals surface area (Å²) in [4.78, 5) is 28.4. The van der Waals surface area contributed by atoms with Crippen molar-refractivity contribution < 1.29 is 9.18 Å². The number of aryl methyl sites for hydroxylation is 1. The Balaban J connectivity index is 1.68. The predicted octanol–water partition coefficient (Wildman–Crippen LogP) is 2.56. The van der Waals surface area contributed by atoms with Crippen molar-refractivity contribution in [2.45, 2.75) is 13.0 Å². The van der Waals surface area contributed by atoms with Crippen LogP contribution in [0.4, 0.5) is 10.1 Å². The number of nitrogens with zero attached hydrogens (tertiary/aromatic N) is 2. The van der Waals surface area contributed by atoms with E-state index < -0.39 is 0 Å². The number of hydrogen-bond donors (Lipinski definition) is 1. The third-order valence-electron chi connectivity index (χ3n) is 3.44. The zero-order chi connectivity index (χ0) is 16.2. The molecule has 1 amide bonds. The largest absolute Gasteiger partial charge is 0.326 e. The molecule has 23 heavy (non-hydrogen) atoms. The Labute approximate surface area is 131 Å². The van der Waals surface area contributed by atoms with Crippen molar-refractivity contribution in [3.8, 4) is 0 Å². The van der Waals surface area contributed by atoms with Crippen molar-refractivity contribution in [2.75, 3.05) is 5.32 Å². The van der Waals surface area contributed by atoms with Crippen LogP contribution in [0.5, 0.6) is 0 Å². The van der Waals surface area contributed by atoms with Crippen molar-refractivity contribution in [1.82, 2.24) is 9.55 Å². The molecule has 1 N–H and O–H groups in total. The molecule has 0 bridgehead atoms. The topological polar surface area (TPSA) is 64.0 Å². The van der Waals surface area contributed by atoms with Gasteiger partial charge in [-0.15, -0.1) is 0 Å². The molecule has 0 aliphatic carbocycles. The smallest absolute Gasteiger partial charge is 0.261 e. The van der Waals surface area contributed by atoms with Gasteiger partial charge in [0, 0.05) is 18.7 Å². The van der Waals surface area contributed by atoms with Gasteiger partial charge in [-0.05, 0) is 36.4 Å². The molecule has 0 saturated carbocycles. The summed E-state index contributed by atoms with van der Waals surface area (Å²) >= 11 is 0. The molecule has 116 valence electrons. The Morgan fingerprint density at radius 2 is 1.87 bits per heavy atom. The van der Waals surface area contributed by atoms with Crippen molar-refractivity contribution in [1.29, 1.82) is 0 Å². The van der Waals surface area contributed by atoms with Crippen LogP contribution in [0.15, 0.2) is 59.7 Å². The van der Waals surface area contributed by atoms with Gasteiger partial charge in [0.05, 0.1) is 17.2 Å². The van der Waals surface area contributed by atoms with Gasteiger partial charge in [-0.25, -0.2) is 9.37 Å². The van der Waals surface area contributed by atoms with Gasteiger partial charge in [0.15, 0.2) is 0 Å². The maximum atomic E-state index is 12.8. The number of rotatable bonds is 4. The number of benzene rings is 2. The lowest BCUT2D eigenvalue weighted by Gasteiger charge is -2.07. The van der Waals surface area contributed by atoms with Gasteiger partial charge >= 0.3 is 0 Å². The monoisotopic (exact) mass is 311 g/mol. The first-order valence-corrected chi connectivity index (χ1v) is 7.13. The molecule has 6 heteroatoms. The van der Waals surface area contributed by atoms with E-state index >= 15 is 0 Å². The Morgan fingerprint density at radius 3 is 2.65 bits per heavy atom. The third kappa shape index (κ3) is 3.42. The molecule has 0 aliphatic heterocycles. The van der Waals surface area contributed by atoms with E-state index in [-0.39, 0.29) is 30.2 Å². The molecule has 1 heterocycles. The van der Waals surface area contributed by atoms with Crippen LogP contribution in [-0.4, -0.2) is 15.5 Å². The number of halogens is 1. The van der Waals surface area contributed by atoms with Gasteiger partial charge < -0.3 is 5.32 Å². The average molecular weight is 311 g/mol. The summed E-state index contributed by atoms with van der Waals surface area (Å²) in [6.07, 6.45) is 1.56. The second-order valence-electron chi connectivity index (χ2n) is 5.07. The van der Waals surface area contributed by atoms with Gasteiger partial charge in [-0.3, -0.25) is 14.2 Å². The quantitative estimate of drug-likeness (QED) is 0.805. The molecular formula is C17H14FN3O2. The summed E-state index contributed by atoms with van der Waals surface area (Å²) in [6.45, 7) is 0.226. The second-order valence-corrected chi connectivity index (χ2v) is 5.07. The van der Waals surface area contributed by atoms with E-state index in [2.05, 4.69) is 10.3 Å². The van der Waals surface area contributed by atoms with Crippen molar-refractivity contribution in [3.63, 3.8) is 0 Å². The summed E-state index contributed by atoms with van der Waals surface area (Å²) in [5, 5.41) is 3.18. The zero-order valence-electron chi connectivity index (χ0n) is 12.2. The lowest BCUT2D eigenvalue weighted by Crippen LogP contribution is -2.23. The Hall–Kier alpha value is -3.02. The Kier molecular flexibility index (Phi) is 4.14. The number of nitrogens with one attached hydrogen (secondary N) is 1. The van der Waals surface area contributed by atoms with E-state index in [1.54, 1.807) is 18.2 Å². The number of hydrogen-bond acceptors (Lipinski definition) is 3. The molecule has 3 rings (SSSR count). The molecule has 0 radical (unpaired) electrons. The molecule has 0 unspecified atom stereocenters. The first kappa shape index (κ1) is 14.9. The third-order valence-corrected chi connectivity index (χ3v) is 3.44. The summed E-state index contributed by atoms with van der Waals surface area (Å²) in [5.74, 6) is -0.617. The normalized spacial score (nSPS) is 10.7. The molecule has 3 aromatic rings. The number of amides is 1. The van der Waals surface area contributed by atoms with Gasteiger partial charge in [-0.2, -0.15) is 0 Å². The van der Waals surface area contributed by atoms with Crippen LogP contribution in [0, 0.1) is 5.82 Å². The lowest BCUT2D eigenvalue weighted by molar-refractivity contribution is -0.116. The number of aromatic nitrogens is 2. The fourth-order valence-electron chi connectivity index (χ4n) is 2.24. The van der Waals surface area contributed by atoms with E-state index in [1.807, 2.05) is 6.07 Å². The van der Waals surface area contributed by atoms with Crippen molar-refractivity contribution in [2.24, 2.45) is 0 Å². The minimum atomic E-state index is -0.364. The number of carbonyl (C=O) groups excluding carboxylic acids is 1. The van der Waals surface area contributed by atoms with E-state index in [1.165, 1.54) is 35.2 Å². The molecule has 0 spiro atoms. The molecular weight excluding hydrogens is 297 g/mol. The fourth-order valence-corrected chi connectivity index (χ4v) is 2.24. The minimum absolute atomic E-state index is 0.122. The van der Waals surface area contributed by atoms with E-state index in [0.717, 1.165) is 0 Å². The van der Waals surface area contributed by atoms with Gasteiger partial charge in [-0.1, -0.05) is 12.1 Å². The Bertz CT molecular complexity index is 904. The Morgan fingerprint density at radius 1 is 1.13 bits per heavy atom. The van der Waals surface area contributed by atoms with Crippen LogP contribution in [0.3, 0.4) is 0 Å². The van der Waals surface area contributed by atoms with Crippen LogP contribution >= 0.6 is 0 Å². The first-order chi connectivity index (χ1) is 11.1. The molecule has 0 fully saturated rings. The zero-order valence-corrected chi connectivity index (χ0v) is 12.2. The molecule has 0 aliphatic rings. The summed E-state index contributed by atoms with van der Waals surface area (Å²) in [5.41, 5.74) is 0.968. The maximum Gasteiger partial charge on any atom is 0.261 e. The SMILES string of the molecule is O=C(CCn1cnc2ccccc2c1=O)Nc1ccc(F)cc1. The average Bonchev–Trinajstić information content (AvgIpc) is 2.57. The van der Waals surface area contributed by atoms with E-state index in [4.69, 9.17) is 0 Å². The molecule has 0 atom stereocenters. The van der Waals surface area contributed by atoms with Gasteiger partial charge in [0.2, 0.25) is 5.91 Å². The lowest BCUT2D eigenvalue weighted by atomic mass is 10.2. The number of carbonyl (C=O) groups is 1. The van der Waals surface area contributed by atoms with Crippen molar-refractivity contribution in [3.05, 3.63) is 71.0 Å². The van der Waals surface area contributed by atoms with E-state index in [9.17, 15) is 14.0 Å². The first-order valence-electron chi connectivity index (χ1n) is 7.13. The highest BCUT2D eigenvalue weighted by molar-refractivity contribution is 5.90. The predicted molar refractivity (Wildman–Crippen MR) is 85.6 cm³/mol. The van der Waals surface area contributed by atoms with Crippen LogP contribution in [0.25, 0.3) is 10.9 Å². The molecule has 5 nitrogen and oxygen atoms in total. The number of fused-ring (bicyclic) bond motifs is 1.